The molecule has 0 saturated heterocycles. The number of halogens is 3. The van der Waals surface area contributed by atoms with Crippen molar-refractivity contribution in [2.75, 3.05) is 0 Å². The largest absolute Gasteiger partial charge is 1.00 e. The summed E-state index contributed by atoms with van der Waals surface area (Å²) >= 11 is 0. The van der Waals surface area contributed by atoms with Gasteiger partial charge in [0.1, 0.15) is 10.0 Å². The molecule has 0 aliphatic rings. The molecule has 0 heterocycles. The van der Waals surface area contributed by atoms with Crippen molar-refractivity contribution in [1.82, 2.24) is 0 Å². The molecule has 14 heteroatoms. The maximum Gasteiger partial charge on any atom is 1.00 e. The number of non-ortho nitro benzene ring substituents is 1. The van der Waals surface area contributed by atoms with E-state index in [-0.39, 0.29) is 29.6 Å². The minimum Gasteiger partial charge on any atom is -0.424 e. The third-order valence-electron chi connectivity index (χ3n) is 1.82. The molecule has 1 aromatic rings. The van der Waals surface area contributed by atoms with Gasteiger partial charge in [0, 0.05) is 12.1 Å². The van der Waals surface area contributed by atoms with Gasteiger partial charge in [-0.2, -0.15) is 13.2 Å². The Kier molecular flexibility index (Phi) is 6.35. The fraction of sp³-hybridized carbons (Fsp3) is 0.143. The molecular formula is C7H4F3N2NaO6S2. The van der Waals surface area contributed by atoms with Gasteiger partial charge < -0.3 is 4.13 Å². The van der Waals surface area contributed by atoms with Crippen molar-refractivity contribution in [2.24, 2.45) is 0 Å². The summed E-state index contributed by atoms with van der Waals surface area (Å²) in [6, 6.07) is 2.81. The van der Waals surface area contributed by atoms with Gasteiger partial charge in [0.2, 0.25) is 0 Å². The maximum absolute atomic E-state index is 12.0. The van der Waals surface area contributed by atoms with Crippen LogP contribution < -0.4 is 29.6 Å². The van der Waals surface area contributed by atoms with Crippen molar-refractivity contribution in [3.63, 3.8) is 0 Å². The predicted molar refractivity (Wildman–Crippen MR) is 58.6 cm³/mol. The summed E-state index contributed by atoms with van der Waals surface area (Å²) in [5.74, 6) is 0. The van der Waals surface area contributed by atoms with Gasteiger partial charge in [0.05, 0.1) is 9.82 Å². The first-order valence-corrected chi connectivity index (χ1v) is 7.30. The number of nitro benzene ring substituents is 1. The first kappa shape index (κ1) is 20.3. The first-order valence-electron chi connectivity index (χ1n) is 4.42. The summed E-state index contributed by atoms with van der Waals surface area (Å²) in [5, 5.41) is 10.4. The average molecular weight is 356 g/mol. The molecule has 0 N–H and O–H groups in total. The summed E-state index contributed by atoms with van der Waals surface area (Å²) in [6.45, 7) is 0. The van der Waals surface area contributed by atoms with Crippen LogP contribution in [0.1, 0.15) is 0 Å². The fourth-order valence-corrected chi connectivity index (χ4v) is 3.21. The number of alkyl halides is 3. The van der Waals surface area contributed by atoms with Crippen LogP contribution in [-0.2, 0) is 20.0 Å². The SMILES string of the molecule is O=[N+]([O-])c1cccc(S(=O)(=O)[N-]S(=O)(=O)C(F)(F)F)c1.[Na+]. The second-order valence-corrected chi connectivity index (χ2v) is 6.66. The fourth-order valence-electron chi connectivity index (χ4n) is 0.972. The van der Waals surface area contributed by atoms with Gasteiger partial charge in [-0.25, -0.2) is 16.8 Å². The van der Waals surface area contributed by atoms with Gasteiger partial charge in [-0.05, 0) is 6.07 Å². The summed E-state index contributed by atoms with van der Waals surface area (Å²) in [6.07, 6.45) is 0. The number of hydrogen-bond donors (Lipinski definition) is 0. The van der Waals surface area contributed by atoms with Gasteiger partial charge in [0.15, 0.2) is 10.0 Å². The smallest absolute Gasteiger partial charge is 0.424 e. The van der Waals surface area contributed by atoms with E-state index >= 15 is 0 Å². The summed E-state index contributed by atoms with van der Waals surface area (Å²) in [5.41, 5.74) is -6.63. The van der Waals surface area contributed by atoms with E-state index in [1.165, 1.54) is 0 Å². The van der Waals surface area contributed by atoms with E-state index in [0.29, 0.717) is 12.1 Å². The molecular weight excluding hydrogens is 352 g/mol. The normalized spacial score (nSPS) is 12.5. The Morgan fingerprint density at radius 2 is 1.67 bits per heavy atom. The van der Waals surface area contributed by atoms with Gasteiger partial charge in [-0.3, -0.25) is 10.1 Å². The van der Waals surface area contributed by atoms with Gasteiger partial charge in [-0.1, -0.05) is 6.07 Å². The molecule has 0 fully saturated rings. The number of rotatable bonds is 4. The van der Waals surface area contributed by atoms with Crippen LogP contribution in [0.2, 0.25) is 0 Å². The molecule has 0 aromatic heterocycles. The zero-order valence-corrected chi connectivity index (χ0v) is 13.7. The minimum absolute atomic E-state index is 0. The Labute approximate surface area is 138 Å². The van der Waals surface area contributed by atoms with Crippen LogP contribution in [0.15, 0.2) is 29.2 Å². The van der Waals surface area contributed by atoms with E-state index in [4.69, 9.17) is 0 Å². The first-order chi connectivity index (χ1) is 8.87. The predicted octanol–water partition coefficient (Wildman–Crippen LogP) is -1.49. The standard InChI is InChI=1S/C7H4F3N2O6S2.Na/c8-7(9,10)20(17,18)11-19(15,16)6-3-1-2-5(4-6)12(13)14;/h1-4H;/q-1;+1. The van der Waals surface area contributed by atoms with Gasteiger partial charge in [-0.15, -0.1) is 0 Å². The molecule has 112 valence electrons. The number of benzene rings is 1. The zero-order chi connectivity index (χ0) is 15.8. The molecule has 0 spiro atoms. The van der Waals surface area contributed by atoms with Crippen LogP contribution in [0, 0.1) is 10.1 Å². The quantitative estimate of drug-likeness (QED) is 0.368. The number of hydrogen-bond acceptors (Lipinski definition) is 6. The van der Waals surface area contributed by atoms with Crippen molar-refractivity contribution in [2.45, 2.75) is 10.4 Å². The van der Waals surface area contributed by atoms with E-state index in [0.717, 1.165) is 12.1 Å². The molecule has 0 atom stereocenters. The molecule has 8 nitrogen and oxygen atoms in total. The maximum atomic E-state index is 12.0. The molecule has 0 aliphatic heterocycles. The third kappa shape index (κ3) is 4.89. The number of sulfonamides is 2. The van der Waals surface area contributed by atoms with Crippen molar-refractivity contribution in [1.29, 1.82) is 0 Å². The number of nitro groups is 1. The second kappa shape index (κ2) is 6.58. The molecule has 0 unspecified atom stereocenters. The second-order valence-electron chi connectivity index (χ2n) is 3.22. The average Bonchev–Trinajstić information content (AvgIpc) is 2.26. The Morgan fingerprint density at radius 1 is 1.14 bits per heavy atom. The molecule has 1 rings (SSSR count). The van der Waals surface area contributed by atoms with Crippen LogP contribution >= 0.6 is 0 Å². The van der Waals surface area contributed by atoms with Crippen LogP contribution in [0.25, 0.3) is 4.13 Å². The van der Waals surface area contributed by atoms with Crippen molar-refractivity contribution in [3.05, 3.63) is 38.5 Å². The summed E-state index contributed by atoms with van der Waals surface area (Å²) in [7, 11) is -11.5. The van der Waals surface area contributed by atoms with Crippen LogP contribution in [0.3, 0.4) is 0 Å². The topological polar surface area (TPSA) is 126 Å². The van der Waals surface area contributed by atoms with E-state index in [1.54, 1.807) is 4.13 Å². The summed E-state index contributed by atoms with van der Waals surface area (Å²) in [4.78, 5) is 8.36. The number of nitrogens with zero attached hydrogens (tertiary/aromatic N) is 2. The Hall–Kier alpha value is -0.730. The van der Waals surface area contributed by atoms with E-state index in [9.17, 15) is 40.1 Å². The van der Waals surface area contributed by atoms with E-state index < -0.39 is 41.1 Å². The van der Waals surface area contributed by atoms with Crippen molar-refractivity contribution in [3.8, 4) is 0 Å². The Balaban J connectivity index is 0.00000400. The van der Waals surface area contributed by atoms with Gasteiger partial charge in [0.25, 0.3) is 5.69 Å². The van der Waals surface area contributed by atoms with Crippen LogP contribution in [0.5, 0.6) is 0 Å². The molecule has 0 radical (unpaired) electrons. The van der Waals surface area contributed by atoms with E-state index in [2.05, 4.69) is 0 Å². The molecule has 1 aromatic carbocycles. The van der Waals surface area contributed by atoms with Crippen LogP contribution in [0.4, 0.5) is 18.9 Å². The summed E-state index contributed by atoms with van der Waals surface area (Å²) < 4.78 is 82.0. The van der Waals surface area contributed by atoms with E-state index in [1.807, 2.05) is 0 Å². The molecule has 0 aliphatic carbocycles. The monoisotopic (exact) mass is 356 g/mol. The minimum atomic E-state index is -6.27. The van der Waals surface area contributed by atoms with Crippen LogP contribution in [-0.4, -0.2) is 27.3 Å². The molecule has 0 bridgehead atoms. The Bertz CT molecular complexity index is 746. The van der Waals surface area contributed by atoms with Crippen molar-refractivity contribution < 1.29 is 64.5 Å². The molecule has 21 heavy (non-hydrogen) atoms. The Morgan fingerprint density at radius 3 is 2.10 bits per heavy atom. The third-order valence-corrected chi connectivity index (χ3v) is 4.82. The molecule has 0 saturated carbocycles. The zero-order valence-electron chi connectivity index (χ0n) is 10.1. The van der Waals surface area contributed by atoms with Gasteiger partial charge >= 0.3 is 35.1 Å². The molecule has 0 amide bonds. The van der Waals surface area contributed by atoms with Crippen molar-refractivity contribution >= 4 is 25.7 Å².